The van der Waals surface area contributed by atoms with E-state index in [0.717, 1.165) is 11.3 Å². The Labute approximate surface area is 123 Å². The molecule has 2 rings (SSSR count). The maximum atomic E-state index is 11.9. The first kappa shape index (κ1) is 14.8. The van der Waals surface area contributed by atoms with Crippen LogP contribution in [-0.2, 0) is 11.3 Å². The summed E-state index contributed by atoms with van der Waals surface area (Å²) in [7, 11) is 1.82. The van der Waals surface area contributed by atoms with Crippen molar-refractivity contribution in [1.29, 1.82) is 0 Å². The third-order valence-electron chi connectivity index (χ3n) is 3.14. The topological polar surface area (TPSA) is 55.4 Å². The van der Waals surface area contributed by atoms with Gasteiger partial charge in [-0.3, -0.25) is 4.79 Å². The van der Waals surface area contributed by atoms with Gasteiger partial charge in [0.1, 0.15) is 6.61 Å². The second-order valence-corrected chi connectivity index (χ2v) is 4.66. The first-order valence-corrected chi connectivity index (χ1v) is 6.65. The number of carbonyl (C=O) groups is 2. The molecule has 21 heavy (non-hydrogen) atoms. The summed E-state index contributed by atoms with van der Waals surface area (Å²) in [5.41, 5.74) is 2.94. The third-order valence-corrected chi connectivity index (χ3v) is 3.14. The molecule has 0 radical (unpaired) electrons. The Morgan fingerprint density at radius 3 is 2.05 bits per heavy atom. The summed E-state index contributed by atoms with van der Waals surface area (Å²) >= 11 is 0. The molecule has 1 N–H and O–H groups in total. The van der Waals surface area contributed by atoms with Gasteiger partial charge in [-0.2, -0.15) is 0 Å². The number of carbonyl (C=O) groups excluding carboxylic acids is 2. The van der Waals surface area contributed by atoms with Crippen LogP contribution < -0.4 is 5.32 Å². The first-order valence-electron chi connectivity index (χ1n) is 6.65. The van der Waals surface area contributed by atoms with Gasteiger partial charge in [0.05, 0.1) is 5.56 Å². The summed E-state index contributed by atoms with van der Waals surface area (Å²) in [5, 5.41) is 2.99. The molecule has 0 bridgehead atoms. The van der Waals surface area contributed by atoms with Gasteiger partial charge in [0, 0.05) is 18.3 Å². The standard InChI is InChI=1S/C17H17NO3/c1-12(19)14-5-3-13(4-6-14)11-21-17(20)15-7-9-16(18-2)10-8-15/h3-10,18H,11H2,1-2H3. The Balaban J connectivity index is 1.95. The first-order chi connectivity index (χ1) is 10.1. The summed E-state index contributed by atoms with van der Waals surface area (Å²) in [5.74, 6) is -0.350. The van der Waals surface area contributed by atoms with Crippen LogP contribution in [0, 0.1) is 0 Å². The highest BCUT2D eigenvalue weighted by Gasteiger charge is 2.07. The molecule has 0 heterocycles. The Morgan fingerprint density at radius 2 is 1.52 bits per heavy atom. The average Bonchev–Trinajstić information content (AvgIpc) is 2.53. The third kappa shape index (κ3) is 3.92. The molecule has 0 saturated carbocycles. The Bertz CT molecular complexity index is 630. The molecular weight excluding hydrogens is 266 g/mol. The highest BCUT2D eigenvalue weighted by molar-refractivity contribution is 5.94. The molecule has 0 fully saturated rings. The van der Waals surface area contributed by atoms with Crippen LogP contribution in [0.5, 0.6) is 0 Å². The van der Waals surface area contributed by atoms with Crippen molar-refractivity contribution in [2.75, 3.05) is 12.4 Å². The number of anilines is 1. The van der Waals surface area contributed by atoms with E-state index < -0.39 is 0 Å². The van der Waals surface area contributed by atoms with E-state index in [1.54, 1.807) is 36.4 Å². The van der Waals surface area contributed by atoms with Crippen molar-refractivity contribution in [2.45, 2.75) is 13.5 Å². The Hall–Kier alpha value is -2.62. The van der Waals surface area contributed by atoms with Gasteiger partial charge in [0.25, 0.3) is 0 Å². The molecule has 0 saturated heterocycles. The van der Waals surface area contributed by atoms with E-state index in [-0.39, 0.29) is 18.4 Å². The lowest BCUT2D eigenvalue weighted by Gasteiger charge is -2.06. The van der Waals surface area contributed by atoms with Crippen molar-refractivity contribution < 1.29 is 14.3 Å². The minimum atomic E-state index is -0.367. The van der Waals surface area contributed by atoms with Crippen molar-refractivity contribution in [3.05, 3.63) is 65.2 Å². The highest BCUT2D eigenvalue weighted by Crippen LogP contribution is 2.11. The molecule has 0 aromatic heterocycles. The van der Waals surface area contributed by atoms with Crippen LogP contribution in [0.25, 0.3) is 0 Å². The number of hydrogen-bond donors (Lipinski definition) is 1. The van der Waals surface area contributed by atoms with Crippen LogP contribution in [0.2, 0.25) is 0 Å². The van der Waals surface area contributed by atoms with Crippen molar-refractivity contribution in [3.63, 3.8) is 0 Å². The number of esters is 1. The number of nitrogens with one attached hydrogen (secondary N) is 1. The van der Waals surface area contributed by atoms with E-state index >= 15 is 0 Å². The minimum absolute atomic E-state index is 0.0168. The number of ketones is 1. The van der Waals surface area contributed by atoms with Gasteiger partial charge in [-0.1, -0.05) is 24.3 Å². The number of hydrogen-bond acceptors (Lipinski definition) is 4. The molecule has 108 valence electrons. The van der Waals surface area contributed by atoms with Crippen LogP contribution in [0.3, 0.4) is 0 Å². The highest BCUT2D eigenvalue weighted by atomic mass is 16.5. The van der Waals surface area contributed by atoms with Gasteiger partial charge < -0.3 is 10.1 Å². The van der Waals surface area contributed by atoms with Gasteiger partial charge >= 0.3 is 5.97 Å². The molecule has 0 aliphatic carbocycles. The molecule has 4 heteroatoms. The average molecular weight is 283 g/mol. The van der Waals surface area contributed by atoms with E-state index in [9.17, 15) is 9.59 Å². The van der Waals surface area contributed by atoms with E-state index in [2.05, 4.69) is 5.32 Å². The van der Waals surface area contributed by atoms with Gasteiger partial charge in [0.2, 0.25) is 0 Å². The molecular formula is C17H17NO3. The fraction of sp³-hybridized carbons (Fsp3) is 0.176. The summed E-state index contributed by atoms with van der Waals surface area (Å²) in [4.78, 5) is 23.1. The molecule has 0 aliphatic rings. The minimum Gasteiger partial charge on any atom is -0.457 e. The lowest BCUT2D eigenvalue weighted by atomic mass is 10.1. The van der Waals surface area contributed by atoms with E-state index in [0.29, 0.717) is 11.1 Å². The number of ether oxygens (including phenoxy) is 1. The molecule has 4 nitrogen and oxygen atoms in total. The van der Waals surface area contributed by atoms with Gasteiger partial charge in [0.15, 0.2) is 5.78 Å². The van der Waals surface area contributed by atoms with Crippen LogP contribution >= 0.6 is 0 Å². The SMILES string of the molecule is CNc1ccc(C(=O)OCc2ccc(C(C)=O)cc2)cc1. The summed E-state index contributed by atoms with van der Waals surface area (Å²) in [6.07, 6.45) is 0. The van der Waals surface area contributed by atoms with Crippen LogP contribution in [0.4, 0.5) is 5.69 Å². The Morgan fingerprint density at radius 1 is 0.952 bits per heavy atom. The van der Waals surface area contributed by atoms with Crippen LogP contribution in [0.15, 0.2) is 48.5 Å². The van der Waals surface area contributed by atoms with Crippen molar-refractivity contribution >= 4 is 17.4 Å². The normalized spacial score (nSPS) is 10.0. The molecule has 0 atom stereocenters. The largest absolute Gasteiger partial charge is 0.457 e. The fourth-order valence-corrected chi connectivity index (χ4v) is 1.84. The van der Waals surface area contributed by atoms with E-state index in [4.69, 9.17) is 4.74 Å². The van der Waals surface area contributed by atoms with Gasteiger partial charge in [-0.25, -0.2) is 4.79 Å². The fourth-order valence-electron chi connectivity index (χ4n) is 1.84. The Kier molecular flexibility index (Phi) is 4.72. The summed E-state index contributed by atoms with van der Waals surface area (Å²) in [6, 6.07) is 14.1. The molecule has 0 spiro atoms. The molecule has 0 aliphatic heterocycles. The monoisotopic (exact) mass is 283 g/mol. The van der Waals surface area contributed by atoms with Crippen LogP contribution in [0.1, 0.15) is 33.2 Å². The van der Waals surface area contributed by atoms with Crippen molar-refractivity contribution in [1.82, 2.24) is 0 Å². The quantitative estimate of drug-likeness (QED) is 0.676. The zero-order valence-electron chi connectivity index (χ0n) is 12.1. The van der Waals surface area contributed by atoms with Gasteiger partial charge in [-0.05, 0) is 36.8 Å². The predicted molar refractivity (Wildman–Crippen MR) is 81.6 cm³/mol. The molecule has 2 aromatic carbocycles. The smallest absolute Gasteiger partial charge is 0.338 e. The van der Waals surface area contributed by atoms with E-state index in [1.807, 2.05) is 19.2 Å². The van der Waals surface area contributed by atoms with Crippen LogP contribution in [-0.4, -0.2) is 18.8 Å². The molecule has 0 unspecified atom stereocenters. The molecule has 2 aromatic rings. The molecule has 0 amide bonds. The summed E-state index contributed by atoms with van der Waals surface area (Å²) < 4.78 is 5.24. The van der Waals surface area contributed by atoms with Gasteiger partial charge in [-0.15, -0.1) is 0 Å². The van der Waals surface area contributed by atoms with Crippen molar-refractivity contribution in [3.8, 4) is 0 Å². The number of Topliss-reactive ketones (excluding diaryl/α,β-unsaturated/α-hetero) is 1. The number of benzene rings is 2. The second-order valence-electron chi connectivity index (χ2n) is 4.66. The predicted octanol–water partition coefficient (Wildman–Crippen LogP) is 3.29. The zero-order valence-corrected chi connectivity index (χ0v) is 12.1. The lowest BCUT2D eigenvalue weighted by Crippen LogP contribution is -2.05. The van der Waals surface area contributed by atoms with Crippen molar-refractivity contribution in [2.24, 2.45) is 0 Å². The maximum absolute atomic E-state index is 11.9. The second kappa shape index (κ2) is 6.70. The number of rotatable bonds is 5. The van der Waals surface area contributed by atoms with E-state index in [1.165, 1.54) is 6.92 Å². The summed E-state index contributed by atoms with van der Waals surface area (Å²) in [6.45, 7) is 1.70. The lowest BCUT2D eigenvalue weighted by molar-refractivity contribution is 0.0472. The maximum Gasteiger partial charge on any atom is 0.338 e. The zero-order chi connectivity index (χ0) is 15.2.